The predicted octanol–water partition coefficient (Wildman–Crippen LogP) is 5.41. The number of halogens is 1. The van der Waals surface area contributed by atoms with E-state index in [-0.39, 0.29) is 45.5 Å². The van der Waals surface area contributed by atoms with Crippen LogP contribution < -0.4 is 15.5 Å². The molecule has 0 heterocycles. The number of nitrogens with one attached hydrogen (secondary N) is 2. The number of hydrogen-bond acceptors (Lipinski definition) is 7. The van der Waals surface area contributed by atoms with Gasteiger partial charge >= 0.3 is 5.97 Å². The van der Waals surface area contributed by atoms with E-state index in [1.165, 1.54) is 36.4 Å². The van der Waals surface area contributed by atoms with E-state index in [4.69, 9.17) is 16.3 Å². The molecular weight excluding hydrogens is 536 g/mol. The average molecular weight is 557 g/mol. The van der Waals surface area contributed by atoms with Gasteiger partial charge in [-0.25, -0.2) is 10.2 Å². The second kappa shape index (κ2) is 12.9. The minimum Gasteiger partial charge on any atom is -0.422 e. The summed E-state index contributed by atoms with van der Waals surface area (Å²) in [5.74, 6) is -1.56. The molecule has 0 saturated carbocycles. The van der Waals surface area contributed by atoms with Crippen molar-refractivity contribution in [1.82, 2.24) is 5.43 Å². The lowest BCUT2D eigenvalue weighted by molar-refractivity contribution is -0.384. The molecule has 0 saturated heterocycles. The van der Waals surface area contributed by atoms with Crippen LogP contribution in [0, 0.1) is 10.1 Å². The lowest BCUT2D eigenvalue weighted by Crippen LogP contribution is -2.18. The van der Waals surface area contributed by atoms with Crippen LogP contribution in [0.1, 0.15) is 31.8 Å². The highest BCUT2D eigenvalue weighted by atomic mass is 35.5. The van der Waals surface area contributed by atoms with Gasteiger partial charge in [0.2, 0.25) is 5.91 Å². The van der Waals surface area contributed by atoms with E-state index >= 15 is 0 Å². The van der Waals surface area contributed by atoms with Gasteiger partial charge in [-0.1, -0.05) is 54.1 Å². The van der Waals surface area contributed by atoms with Crippen LogP contribution >= 0.6 is 11.6 Å². The van der Waals surface area contributed by atoms with Gasteiger partial charge in [0.05, 0.1) is 28.1 Å². The number of nitrogens with zero attached hydrogens (tertiary/aromatic N) is 2. The number of ether oxygens (including phenoxy) is 1. The fourth-order valence-electron chi connectivity index (χ4n) is 3.54. The van der Waals surface area contributed by atoms with Crippen molar-refractivity contribution in [1.29, 1.82) is 0 Å². The Morgan fingerprint density at radius 1 is 0.925 bits per heavy atom. The molecule has 11 heteroatoms. The van der Waals surface area contributed by atoms with Gasteiger partial charge in [0.1, 0.15) is 5.75 Å². The van der Waals surface area contributed by atoms with Crippen molar-refractivity contribution in [2.75, 3.05) is 5.32 Å². The molecule has 200 valence electrons. The number of esters is 1. The van der Waals surface area contributed by atoms with Crippen LogP contribution in [0.5, 0.6) is 5.75 Å². The number of amides is 2. The monoisotopic (exact) mass is 556 g/mol. The van der Waals surface area contributed by atoms with Crippen LogP contribution in [0.2, 0.25) is 5.02 Å². The normalized spacial score (nSPS) is 10.6. The summed E-state index contributed by atoms with van der Waals surface area (Å²) in [5.41, 5.74) is 3.88. The zero-order chi connectivity index (χ0) is 28.5. The van der Waals surface area contributed by atoms with Crippen molar-refractivity contribution < 1.29 is 24.0 Å². The van der Waals surface area contributed by atoms with Crippen LogP contribution in [0.4, 0.5) is 11.4 Å². The van der Waals surface area contributed by atoms with Gasteiger partial charge in [-0.15, -0.1) is 0 Å². The maximum absolute atomic E-state index is 12.6. The Labute approximate surface area is 233 Å². The molecule has 0 bridgehead atoms. The molecule has 0 radical (unpaired) electrons. The first-order valence-corrected chi connectivity index (χ1v) is 12.2. The van der Waals surface area contributed by atoms with Gasteiger partial charge in [-0.3, -0.25) is 19.7 Å². The van der Waals surface area contributed by atoms with Crippen molar-refractivity contribution >= 4 is 47.0 Å². The zero-order valence-corrected chi connectivity index (χ0v) is 21.5. The fourth-order valence-corrected chi connectivity index (χ4v) is 3.75. The molecule has 0 spiro atoms. The highest BCUT2D eigenvalue weighted by Gasteiger charge is 2.17. The van der Waals surface area contributed by atoms with Gasteiger partial charge < -0.3 is 10.1 Å². The number of hydrazone groups is 1. The SMILES string of the molecule is O=C(Cc1ccccc1)Nc1ccc(C(=O)N/N=C/c2cc([N+](=O)[O-])ccc2OC(=O)c2ccccc2Cl)cc1. The molecule has 0 aliphatic heterocycles. The van der Waals surface area contributed by atoms with E-state index in [0.717, 1.165) is 17.8 Å². The Balaban J connectivity index is 1.41. The van der Waals surface area contributed by atoms with Crippen LogP contribution in [0.15, 0.2) is 102 Å². The van der Waals surface area contributed by atoms with E-state index in [0.29, 0.717) is 5.69 Å². The third-order valence-corrected chi connectivity index (χ3v) is 5.84. The Kier molecular flexibility index (Phi) is 8.95. The largest absolute Gasteiger partial charge is 0.422 e. The molecule has 10 nitrogen and oxygen atoms in total. The molecule has 40 heavy (non-hydrogen) atoms. The summed E-state index contributed by atoms with van der Waals surface area (Å²) in [6.45, 7) is 0. The Morgan fingerprint density at radius 3 is 2.33 bits per heavy atom. The smallest absolute Gasteiger partial charge is 0.345 e. The number of carbonyl (C=O) groups excluding carboxylic acids is 3. The van der Waals surface area contributed by atoms with Gasteiger partial charge in [0.15, 0.2) is 0 Å². The number of benzene rings is 4. The van der Waals surface area contributed by atoms with E-state index in [2.05, 4.69) is 15.8 Å². The van der Waals surface area contributed by atoms with Gasteiger partial charge in [0.25, 0.3) is 11.6 Å². The summed E-state index contributed by atoms with van der Waals surface area (Å²) in [7, 11) is 0. The average Bonchev–Trinajstić information content (AvgIpc) is 2.94. The first-order chi connectivity index (χ1) is 19.3. The van der Waals surface area contributed by atoms with Gasteiger partial charge in [-0.2, -0.15) is 5.10 Å². The molecule has 2 N–H and O–H groups in total. The molecule has 0 atom stereocenters. The summed E-state index contributed by atoms with van der Waals surface area (Å²) in [6, 6.07) is 25.3. The fraction of sp³-hybridized carbons (Fsp3) is 0.0345. The molecule has 0 aliphatic rings. The minimum absolute atomic E-state index is 0.0240. The van der Waals surface area contributed by atoms with E-state index in [9.17, 15) is 24.5 Å². The number of non-ortho nitro benzene ring substituents is 1. The predicted molar refractivity (Wildman–Crippen MR) is 150 cm³/mol. The van der Waals surface area contributed by atoms with Gasteiger partial charge in [-0.05, 0) is 48.0 Å². The number of hydrogen-bond donors (Lipinski definition) is 2. The highest BCUT2D eigenvalue weighted by Crippen LogP contribution is 2.25. The first kappa shape index (κ1) is 27.7. The maximum Gasteiger partial charge on any atom is 0.345 e. The second-order valence-electron chi connectivity index (χ2n) is 8.34. The third-order valence-electron chi connectivity index (χ3n) is 5.51. The highest BCUT2D eigenvalue weighted by molar-refractivity contribution is 6.33. The standard InChI is InChI=1S/C29H21ClN4O6/c30-25-9-5-4-8-24(25)29(37)40-26-15-14-23(34(38)39)17-21(26)18-31-33-28(36)20-10-12-22(13-11-20)32-27(35)16-19-6-2-1-3-7-19/h1-15,17-18H,16H2,(H,32,35)(H,33,36)/b31-18+. The Bertz CT molecular complexity index is 1590. The summed E-state index contributed by atoms with van der Waals surface area (Å²) < 4.78 is 5.39. The van der Waals surface area contributed by atoms with Crippen LogP contribution in [0.3, 0.4) is 0 Å². The van der Waals surface area contributed by atoms with E-state index in [1.54, 1.807) is 24.3 Å². The van der Waals surface area contributed by atoms with Crippen molar-refractivity contribution in [3.8, 4) is 5.75 Å². The number of nitro benzene ring substituents is 1. The maximum atomic E-state index is 12.6. The van der Waals surface area contributed by atoms with E-state index in [1.807, 2.05) is 30.3 Å². The number of nitro groups is 1. The van der Waals surface area contributed by atoms with Crippen LogP contribution in [-0.2, 0) is 11.2 Å². The first-order valence-electron chi connectivity index (χ1n) is 11.8. The third kappa shape index (κ3) is 7.36. The van der Waals surface area contributed by atoms with E-state index < -0.39 is 16.8 Å². The molecule has 2 amide bonds. The molecular formula is C29H21ClN4O6. The molecule has 0 unspecified atom stereocenters. The summed E-state index contributed by atoms with van der Waals surface area (Å²) in [4.78, 5) is 48.0. The lowest BCUT2D eigenvalue weighted by atomic mass is 10.1. The van der Waals surface area contributed by atoms with Crippen molar-refractivity contribution in [3.63, 3.8) is 0 Å². The molecule has 0 aliphatic carbocycles. The number of anilines is 1. The van der Waals surface area contributed by atoms with Crippen LogP contribution in [0.25, 0.3) is 0 Å². The van der Waals surface area contributed by atoms with Gasteiger partial charge in [0, 0.05) is 28.9 Å². The summed E-state index contributed by atoms with van der Waals surface area (Å²) >= 11 is 6.05. The van der Waals surface area contributed by atoms with Crippen molar-refractivity contribution in [3.05, 3.63) is 134 Å². The Morgan fingerprint density at radius 2 is 1.62 bits per heavy atom. The minimum atomic E-state index is -0.769. The quantitative estimate of drug-likeness (QED) is 0.0928. The lowest BCUT2D eigenvalue weighted by Gasteiger charge is -2.08. The molecule has 0 fully saturated rings. The summed E-state index contributed by atoms with van der Waals surface area (Å²) in [5, 5.41) is 18.1. The molecule has 4 rings (SSSR count). The number of carbonyl (C=O) groups is 3. The topological polar surface area (TPSA) is 140 Å². The molecule has 0 aromatic heterocycles. The molecule has 4 aromatic rings. The summed E-state index contributed by atoms with van der Waals surface area (Å²) in [6.07, 6.45) is 1.34. The van der Waals surface area contributed by atoms with Crippen molar-refractivity contribution in [2.45, 2.75) is 6.42 Å². The van der Waals surface area contributed by atoms with Crippen molar-refractivity contribution in [2.24, 2.45) is 5.10 Å². The molecule has 4 aromatic carbocycles. The second-order valence-corrected chi connectivity index (χ2v) is 8.74. The van der Waals surface area contributed by atoms with Crippen LogP contribution in [-0.4, -0.2) is 28.9 Å². The number of rotatable bonds is 9. The Hall–Kier alpha value is -5.35. The zero-order valence-electron chi connectivity index (χ0n) is 20.7.